The predicted octanol–water partition coefficient (Wildman–Crippen LogP) is 2.71. The van der Waals surface area contributed by atoms with Gasteiger partial charge in [-0.3, -0.25) is 0 Å². The minimum absolute atomic E-state index is 0.322. The van der Waals surface area contributed by atoms with E-state index in [4.69, 9.17) is 11.5 Å². The molecule has 0 fully saturated rings. The zero-order chi connectivity index (χ0) is 16.1. The Kier molecular flexibility index (Phi) is 3.40. The molecule has 22 heavy (non-hydrogen) atoms. The van der Waals surface area contributed by atoms with Gasteiger partial charge in [-0.2, -0.15) is 0 Å². The minimum atomic E-state index is -3.56. The summed E-state index contributed by atoms with van der Waals surface area (Å²) < 4.78 is 25.9. The SMILES string of the molecule is CCc1cc2c(cc1N)S(=O)(=O)c1cc(N)cc(CC)c1C2. The first-order valence-electron chi connectivity index (χ1n) is 7.46. The van der Waals surface area contributed by atoms with Gasteiger partial charge in [-0.05, 0) is 53.3 Å². The summed E-state index contributed by atoms with van der Waals surface area (Å²) in [6.45, 7) is 4.03. The Morgan fingerprint density at radius 2 is 1.64 bits per heavy atom. The van der Waals surface area contributed by atoms with E-state index in [9.17, 15) is 8.42 Å². The van der Waals surface area contributed by atoms with Crippen molar-refractivity contribution < 1.29 is 8.42 Å². The van der Waals surface area contributed by atoms with E-state index in [1.807, 2.05) is 26.0 Å². The van der Waals surface area contributed by atoms with Crippen LogP contribution >= 0.6 is 0 Å². The Balaban J connectivity index is 2.33. The van der Waals surface area contributed by atoms with Gasteiger partial charge in [-0.15, -0.1) is 0 Å². The maximum Gasteiger partial charge on any atom is 0.207 e. The van der Waals surface area contributed by atoms with Crippen molar-refractivity contribution in [3.63, 3.8) is 0 Å². The lowest BCUT2D eigenvalue weighted by atomic mass is 9.95. The topological polar surface area (TPSA) is 86.2 Å². The van der Waals surface area contributed by atoms with E-state index in [1.54, 1.807) is 12.1 Å². The van der Waals surface area contributed by atoms with E-state index in [-0.39, 0.29) is 0 Å². The maximum atomic E-state index is 13.0. The van der Waals surface area contributed by atoms with Gasteiger partial charge in [0, 0.05) is 17.8 Å². The van der Waals surface area contributed by atoms with Gasteiger partial charge in [0.1, 0.15) is 0 Å². The molecular weight excluding hydrogens is 296 g/mol. The minimum Gasteiger partial charge on any atom is -0.399 e. The van der Waals surface area contributed by atoms with Crippen molar-refractivity contribution in [3.05, 3.63) is 46.5 Å². The van der Waals surface area contributed by atoms with Crippen LogP contribution < -0.4 is 11.5 Å². The summed E-state index contributed by atoms with van der Waals surface area (Å²) in [5.41, 5.74) is 16.6. The second-order valence-electron chi connectivity index (χ2n) is 5.70. The molecule has 0 amide bonds. The van der Waals surface area contributed by atoms with Crippen LogP contribution in [-0.2, 0) is 29.1 Å². The van der Waals surface area contributed by atoms with Gasteiger partial charge in [0.25, 0.3) is 0 Å². The Bertz CT molecular complexity index is 871. The lowest BCUT2D eigenvalue weighted by molar-refractivity contribution is 0.591. The number of benzene rings is 2. The molecule has 1 aliphatic heterocycles. The molecule has 0 spiro atoms. The molecule has 5 heteroatoms. The van der Waals surface area contributed by atoms with Crippen molar-refractivity contribution in [2.45, 2.75) is 42.9 Å². The monoisotopic (exact) mass is 316 g/mol. The van der Waals surface area contributed by atoms with Gasteiger partial charge in [0.2, 0.25) is 9.84 Å². The first-order valence-corrected chi connectivity index (χ1v) is 8.94. The molecule has 0 saturated heterocycles. The third kappa shape index (κ3) is 2.08. The predicted molar refractivity (Wildman–Crippen MR) is 88.7 cm³/mol. The molecule has 1 aliphatic rings. The molecule has 1 heterocycles. The molecular formula is C17H20N2O2S. The highest BCUT2D eigenvalue weighted by molar-refractivity contribution is 7.91. The van der Waals surface area contributed by atoms with Crippen LogP contribution in [0.3, 0.4) is 0 Å². The van der Waals surface area contributed by atoms with Gasteiger partial charge >= 0.3 is 0 Å². The summed E-state index contributed by atoms with van der Waals surface area (Å²) >= 11 is 0. The third-order valence-electron chi connectivity index (χ3n) is 4.35. The van der Waals surface area contributed by atoms with Crippen LogP contribution in [0.5, 0.6) is 0 Å². The summed E-state index contributed by atoms with van der Waals surface area (Å²) in [5, 5.41) is 0. The van der Waals surface area contributed by atoms with Crippen LogP contribution in [0.15, 0.2) is 34.1 Å². The number of nitrogens with two attached hydrogens (primary N) is 2. The van der Waals surface area contributed by atoms with Crippen LogP contribution in [0.2, 0.25) is 0 Å². The number of aryl methyl sites for hydroxylation is 2. The molecule has 2 aromatic rings. The third-order valence-corrected chi connectivity index (χ3v) is 6.26. The first kappa shape index (κ1) is 14.9. The van der Waals surface area contributed by atoms with E-state index < -0.39 is 9.84 Å². The molecule has 0 aromatic heterocycles. The van der Waals surface area contributed by atoms with Crippen LogP contribution in [0.1, 0.15) is 36.1 Å². The molecule has 0 unspecified atom stereocenters. The Morgan fingerprint density at radius 3 is 2.27 bits per heavy atom. The number of anilines is 2. The molecule has 3 rings (SSSR count). The zero-order valence-electron chi connectivity index (χ0n) is 12.8. The Hall–Kier alpha value is -2.01. The van der Waals surface area contributed by atoms with Gasteiger partial charge in [-0.1, -0.05) is 19.9 Å². The normalized spacial score (nSPS) is 15.2. The quantitative estimate of drug-likeness (QED) is 0.712. The largest absolute Gasteiger partial charge is 0.399 e. The summed E-state index contributed by atoms with van der Waals surface area (Å²) in [5.74, 6) is 0. The number of hydrogen-bond acceptors (Lipinski definition) is 4. The highest BCUT2D eigenvalue weighted by Crippen LogP contribution is 2.39. The fourth-order valence-electron chi connectivity index (χ4n) is 3.18. The molecule has 0 saturated carbocycles. The summed E-state index contributed by atoms with van der Waals surface area (Å²) in [6, 6.07) is 6.97. The first-order chi connectivity index (χ1) is 10.4. The second kappa shape index (κ2) is 5.02. The Labute approximate surface area is 131 Å². The van der Waals surface area contributed by atoms with E-state index in [1.165, 1.54) is 0 Å². The number of fused-ring (bicyclic) bond motifs is 2. The van der Waals surface area contributed by atoms with Gasteiger partial charge < -0.3 is 11.5 Å². The molecule has 2 aromatic carbocycles. The van der Waals surface area contributed by atoms with E-state index in [2.05, 4.69) is 0 Å². The molecule has 0 aliphatic carbocycles. The fraction of sp³-hybridized carbons (Fsp3) is 0.294. The van der Waals surface area contributed by atoms with Gasteiger partial charge in [0.05, 0.1) is 9.79 Å². The lowest BCUT2D eigenvalue weighted by Gasteiger charge is -2.24. The van der Waals surface area contributed by atoms with Gasteiger partial charge in [0.15, 0.2) is 0 Å². The highest BCUT2D eigenvalue weighted by atomic mass is 32.2. The summed E-state index contributed by atoms with van der Waals surface area (Å²) in [7, 11) is -3.56. The number of nitrogen functional groups attached to an aromatic ring is 2. The van der Waals surface area contributed by atoms with Crippen LogP contribution in [0.25, 0.3) is 0 Å². The van der Waals surface area contributed by atoms with Crippen molar-refractivity contribution in [1.82, 2.24) is 0 Å². The summed E-state index contributed by atoms with van der Waals surface area (Å²) in [4.78, 5) is 0.655. The van der Waals surface area contributed by atoms with Crippen molar-refractivity contribution in [3.8, 4) is 0 Å². The number of sulfone groups is 1. The lowest BCUT2D eigenvalue weighted by Crippen LogP contribution is -2.18. The van der Waals surface area contributed by atoms with Crippen molar-refractivity contribution in [1.29, 1.82) is 0 Å². The van der Waals surface area contributed by atoms with Crippen LogP contribution in [0, 0.1) is 0 Å². The fourth-order valence-corrected chi connectivity index (χ4v) is 4.99. The molecule has 4 N–H and O–H groups in total. The average molecular weight is 316 g/mol. The van der Waals surface area contributed by atoms with E-state index in [0.717, 1.165) is 35.1 Å². The second-order valence-corrected chi connectivity index (χ2v) is 7.59. The number of hydrogen-bond donors (Lipinski definition) is 2. The number of rotatable bonds is 2. The smallest absolute Gasteiger partial charge is 0.207 e. The highest BCUT2D eigenvalue weighted by Gasteiger charge is 2.31. The molecule has 0 atom stereocenters. The van der Waals surface area contributed by atoms with E-state index in [0.29, 0.717) is 27.6 Å². The van der Waals surface area contributed by atoms with Crippen molar-refractivity contribution in [2.24, 2.45) is 0 Å². The van der Waals surface area contributed by atoms with E-state index >= 15 is 0 Å². The van der Waals surface area contributed by atoms with Crippen LogP contribution in [-0.4, -0.2) is 8.42 Å². The zero-order valence-corrected chi connectivity index (χ0v) is 13.6. The molecule has 4 nitrogen and oxygen atoms in total. The van der Waals surface area contributed by atoms with Crippen molar-refractivity contribution in [2.75, 3.05) is 11.5 Å². The van der Waals surface area contributed by atoms with Crippen LogP contribution in [0.4, 0.5) is 11.4 Å². The molecule has 116 valence electrons. The van der Waals surface area contributed by atoms with Gasteiger partial charge in [-0.25, -0.2) is 8.42 Å². The molecule has 0 bridgehead atoms. The Morgan fingerprint density at radius 1 is 0.955 bits per heavy atom. The summed E-state index contributed by atoms with van der Waals surface area (Å²) in [6.07, 6.45) is 2.16. The maximum absolute atomic E-state index is 13.0. The standard InChI is InChI=1S/C17H20N2O2S/c1-3-10-6-13(18)8-17-14(10)7-12-5-11(4-2)15(19)9-16(12)22(17,20)21/h5-6,8-9H,3-4,7,18-19H2,1-2H3. The molecule has 0 radical (unpaired) electrons. The average Bonchev–Trinajstić information content (AvgIpc) is 2.48. The van der Waals surface area contributed by atoms with Crippen molar-refractivity contribution >= 4 is 21.2 Å².